The van der Waals surface area contributed by atoms with E-state index < -0.39 is 0 Å². The largest absolute Gasteiger partial charge is 0.275 e. The third-order valence-corrected chi connectivity index (χ3v) is 1.90. The van der Waals surface area contributed by atoms with Crippen molar-refractivity contribution in [1.29, 1.82) is 0 Å². The van der Waals surface area contributed by atoms with Gasteiger partial charge in [-0.3, -0.25) is 4.79 Å². The Bertz CT molecular complexity index is 180. The van der Waals surface area contributed by atoms with Gasteiger partial charge in [-0.1, -0.05) is 6.07 Å². The molecule has 3 heteroatoms. The summed E-state index contributed by atoms with van der Waals surface area (Å²) in [5.41, 5.74) is 0. The Morgan fingerprint density at radius 1 is 1.75 bits per heavy atom. The lowest BCUT2D eigenvalue weighted by Crippen LogP contribution is -1.78. The van der Waals surface area contributed by atoms with E-state index in [0.717, 1.165) is 0 Å². The number of thiophene rings is 1. The number of rotatable bonds is 1. The number of carbonyl (C=O) groups excluding carboxylic acids is 1. The molecule has 0 bridgehead atoms. The van der Waals surface area contributed by atoms with Crippen molar-refractivity contribution in [3.05, 3.63) is 22.4 Å². The van der Waals surface area contributed by atoms with E-state index in [1.807, 2.05) is 5.38 Å². The van der Waals surface area contributed by atoms with Crippen molar-refractivity contribution in [2.75, 3.05) is 0 Å². The molecule has 1 rings (SSSR count). The molecule has 0 unspecified atom stereocenters. The second-order valence-corrected chi connectivity index (χ2v) is 2.54. The van der Waals surface area contributed by atoms with Crippen LogP contribution in [0, 0.1) is 0 Å². The fourth-order valence-corrected chi connectivity index (χ4v) is 1.14. The van der Waals surface area contributed by atoms with Crippen LogP contribution in [-0.2, 0) is 0 Å². The van der Waals surface area contributed by atoms with Crippen molar-refractivity contribution in [2.45, 2.75) is 0 Å². The van der Waals surface area contributed by atoms with E-state index in [1.54, 1.807) is 12.1 Å². The Balaban J connectivity index is 2.93. The van der Waals surface area contributed by atoms with Gasteiger partial charge in [0.2, 0.25) is 0 Å². The lowest BCUT2D eigenvalue weighted by Gasteiger charge is -1.76. The number of halogens is 1. The maximum atomic E-state index is 10.3. The predicted octanol–water partition coefficient (Wildman–Crippen LogP) is 2.13. The van der Waals surface area contributed by atoms with Gasteiger partial charge < -0.3 is 0 Å². The Labute approximate surface area is 55.9 Å². The molecule has 0 aliphatic heterocycles. The van der Waals surface area contributed by atoms with Crippen LogP contribution in [0.25, 0.3) is 0 Å². The minimum atomic E-state index is -0.375. The fourth-order valence-electron chi connectivity index (χ4n) is 0.390. The topological polar surface area (TPSA) is 17.1 Å². The summed E-state index contributed by atoms with van der Waals surface area (Å²) in [5.74, 6) is 0. The summed E-state index contributed by atoms with van der Waals surface area (Å²) in [6.07, 6.45) is 0. The van der Waals surface area contributed by atoms with Crippen LogP contribution in [0.1, 0.15) is 9.67 Å². The summed E-state index contributed by atoms with van der Waals surface area (Å²) in [6, 6.07) is 3.49. The molecular weight excluding hydrogens is 146 g/mol. The molecule has 1 aromatic rings. The lowest BCUT2D eigenvalue weighted by molar-refractivity contribution is 0.108. The van der Waals surface area contributed by atoms with E-state index >= 15 is 0 Å². The Morgan fingerprint density at radius 3 is 2.75 bits per heavy atom. The van der Waals surface area contributed by atoms with E-state index in [1.165, 1.54) is 11.3 Å². The summed E-state index contributed by atoms with van der Waals surface area (Å²) in [4.78, 5) is 10.9. The molecule has 0 aromatic carbocycles. The van der Waals surface area contributed by atoms with Gasteiger partial charge in [-0.05, 0) is 23.0 Å². The van der Waals surface area contributed by atoms with Gasteiger partial charge in [0.05, 0.1) is 4.88 Å². The highest BCUT2D eigenvalue weighted by Gasteiger charge is 1.98. The lowest BCUT2D eigenvalue weighted by atomic mass is 10.6. The first-order valence-electron chi connectivity index (χ1n) is 2.04. The van der Waals surface area contributed by atoms with Crippen molar-refractivity contribution < 1.29 is 4.79 Å². The maximum Gasteiger partial charge on any atom is 0.262 e. The Kier molecular flexibility index (Phi) is 1.65. The Hall–Kier alpha value is -0.340. The minimum absolute atomic E-state index is 0.375. The summed E-state index contributed by atoms with van der Waals surface area (Å²) in [7, 11) is 0. The quantitative estimate of drug-likeness (QED) is 0.558. The van der Waals surface area contributed by atoms with Crippen LogP contribution in [0.3, 0.4) is 0 Å². The van der Waals surface area contributed by atoms with E-state index in [-0.39, 0.29) is 5.24 Å². The summed E-state index contributed by atoms with van der Waals surface area (Å²) in [6.45, 7) is 0. The molecule has 0 radical (unpaired) electrons. The molecule has 42 valence electrons. The number of hydrogen-bond acceptors (Lipinski definition) is 2. The van der Waals surface area contributed by atoms with Crippen LogP contribution in [0.5, 0.6) is 0 Å². The predicted molar refractivity (Wildman–Crippen MR) is 34.5 cm³/mol. The summed E-state index contributed by atoms with van der Waals surface area (Å²) < 4.78 is 0. The molecule has 1 aromatic heterocycles. The summed E-state index contributed by atoms with van der Waals surface area (Å²) in [5, 5.41) is 1.44. The molecule has 0 amide bonds. The first-order valence-corrected chi connectivity index (χ1v) is 3.30. The molecule has 1 heterocycles. The van der Waals surface area contributed by atoms with E-state index in [2.05, 4.69) is 0 Å². The van der Waals surface area contributed by atoms with Crippen LogP contribution in [0.2, 0.25) is 0 Å². The van der Waals surface area contributed by atoms with Crippen LogP contribution in [-0.4, -0.2) is 5.24 Å². The molecule has 8 heavy (non-hydrogen) atoms. The first-order chi connectivity index (χ1) is 3.80. The van der Waals surface area contributed by atoms with E-state index in [9.17, 15) is 4.79 Å². The van der Waals surface area contributed by atoms with Gasteiger partial charge >= 0.3 is 0 Å². The first kappa shape index (κ1) is 5.79. The van der Waals surface area contributed by atoms with Crippen molar-refractivity contribution in [3.63, 3.8) is 0 Å². The molecule has 0 aliphatic carbocycles. The maximum absolute atomic E-state index is 10.3. The van der Waals surface area contributed by atoms with Gasteiger partial charge in [0.25, 0.3) is 5.24 Å². The molecule has 0 fully saturated rings. The molecule has 0 N–H and O–H groups in total. The average Bonchev–Trinajstić information content (AvgIpc) is 2.12. The Morgan fingerprint density at radius 2 is 2.50 bits per heavy atom. The van der Waals surface area contributed by atoms with Gasteiger partial charge in [-0.2, -0.15) is 0 Å². The van der Waals surface area contributed by atoms with Crippen LogP contribution in [0.4, 0.5) is 0 Å². The van der Waals surface area contributed by atoms with E-state index in [4.69, 9.17) is 11.6 Å². The number of carbonyl (C=O) groups is 1. The van der Waals surface area contributed by atoms with Gasteiger partial charge in [-0.15, -0.1) is 11.3 Å². The zero-order chi connectivity index (χ0) is 5.98. The van der Waals surface area contributed by atoms with Crippen molar-refractivity contribution >= 4 is 28.2 Å². The van der Waals surface area contributed by atoms with Gasteiger partial charge in [0.1, 0.15) is 0 Å². The SMILES string of the molecule is O=[14C](Cl)c1cccs1. The monoisotopic (exact) mass is 148 g/mol. The average molecular weight is 149 g/mol. The second-order valence-electron chi connectivity index (χ2n) is 1.25. The zero-order valence-corrected chi connectivity index (χ0v) is 5.50. The normalized spacial score (nSPS) is 9.12. The molecular formula is C5H3ClOS. The standard InChI is InChI=1S/C5H3ClOS/c6-5(7)4-2-1-3-8-4/h1-3H/i5+2. The zero-order valence-electron chi connectivity index (χ0n) is 3.93. The smallest absolute Gasteiger partial charge is 0.262 e. The highest BCUT2D eigenvalue weighted by molar-refractivity contribution is 7.13. The molecule has 0 spiro atoms. The van der Waals surface area contributed by atoms with Crippen molar-refractivity contribution in [2.24, 2.45) is 0 Å². The van der Waals surface area contributed by atoms with Crippen LogP contribution in [0.15, 0.2) is 17.5 Å². The van der Waals surface area contributed by atoms with Crippen molar-refractivity contribution in [3.8, 4) is 0 Å². The van der Waals surface area contributed by atoms with Crippen molar-refractivity contribution in [1.82, 2.24) is 0 Å². The molecule has 1 nitrogen and oxygen atoms in total. The molecule has 0 atom stereocenters. The van der Waals surface area contributed by atoms with Gasteiger partial charge in [-0.25, -0.2) is 0 Å². The van der Waals surface area contributed by atoms with Gasteiger partial charge in [0, 0.05) is 0 Å². The molecule has 0 saturated carbocycles. The number of hydrogen-bond donors (Lipinski definition) is 0. The summed E-state index contributed by atoms with van der Waals surface area (Å²) >= 11 is 6.47. The van der Waals surface area contributed by atoms with Crippen LogP contribution >= 0.6 is 22.9 Å². The third kappa shape index (κ3) is 1.08. The van der Waals surface area contributed by atoms with Gasteiger partial charge in [0.15, 0.2) is 0 Å². The van der Waals surface area contributed by atoms with E-state index in [0.29, 0.717) is 4.88 Å². The third-order valence-electron chi connectivity index (χ3n) is 0.715. The molecule has 0 aliphatic rings. The minimum Gasteiger partial charge on any atom is -0.275 e. The van der Waals surface area contributed by atoms with Crippen LogP contribution < -0.4 is 0 Å². The highest BCUT2D eigenvalue weighted by Crippen LogP contribution is 2.10. The fraction of sp³-hybridized carbons (Fsp3) is 0. The second kappa shape index (κ2) is 2.29. The molecule has 0 saturated heterocycles. The highest BCUT2D eigenvalue weighted by atomic mass is 35.5.